The average molecular weight is 298 g/mol. The van der Waals surface area contributed by atoms with Crippen LogP contribution in [0.2, 0.25) is 0 Å². The summed E-state index contributed by atoms with van der Waals surface area (Å²) in [6.07, 6.45) is 6.48. The van der Waals surface area contributed by atoms with Crippen molar-refractivity contribution in [2.24, 2.45) is 0 Å². The molecule has 19 heavy (non-hydrogen) atoms. The van der Waals surface area contributed by atoms with Crippen LogP contribution < -0.4 is 0 Å². The third-order valence-electron chi connectivity index (χ3n) is 3.65. The predicted molar refractivity (Wildman–Crippen MR) is 82.2 cm³/mol. The molecule has 1 aromatic rings. The van der Waals surface area contributed by atoms with Gasteiger partial charge in [-0.05, 0) is 31.2 Å². The number of nitrogens with zero attached hydrogens (tertiary/aromatic N) is 1. The number of carbonyl (C=O) groups is 1. The second-order valence-corrected chi connectivity index (χ2v) is 6.01. The summed E-state index contributed by atoms with van der Waals surface area (Å²) >= 11 is 7.68. The van der Waals surface area contributed by atoms with Crippen molar-refractivity contribution in [1.82, 2.24) is 4.90 Å². The molecule has 0 spiro atoms. The Kier molecular flexibility index (Phi) is 5.59. The molecule has 2 nitrogen and oxygen atoms in total. The molecule has 0 aliphatic carbocycles. The van der Waals surface area contributed by atoms with Crippen LogP contribution in [0.25, 0.3) is 0 Å². The van der Waals surface area contributed by atoms with Crippen molar-refractivity contribution in [2.75, 3.05) is 18.7 Å². The van der Waals surface area contributed by atoms with Gasteiger partial charge in [-0.15, -0.1) is 23.4 Å². The molecule has 104 valence electrons. The predicted octanol–water partition coefficient (Wildman–Crippen LogP) is 4.03. The number of hydrogen-bond acceptors (Lipinski definition) is 2. The van der Waals surface area contributed by atoms with Gasteiger partial charge in [-0.25, -0.2) is 0 Å². The number of alkyl halides is 1. The summed E-state index contributed by atoms with van der Waals surface area (Å²) in [6, 6.07) is 8.02. The molecule has 1 heterocycles. The Morgan fingerprint density at radius 1 is 1.37 bits per heavy atom. The highest BCUT2D eigenvalue weighted by molar-refractivity contribution is 7.98. The van der Waals surface area contributed by atoms with Crippen LogP contribution in [0, 0.1) is 0 Å². The van der Waals surface area contributed by atoms with Crippen LogP contribution >= 0.6 is 23.4 Å². The highest BCUT2D eigenvalue weighted by Gasteiger charge is 2.26. The third kappa shape index (κ3) is 3.46. The van der Waals surface area contributed by atoms with Gasteiger partial charge in [-0.3, -0.25) is 4.79 Å². The molecule has 4 heteroatoms. The number of amides is 1. The summed E-state index contributed by atoms with van der Waals surface area (Å²) in [5, 5.41) is 0. The van der Waals surface area contributed by atoms with E-state index in [0.717, 1.165) is 29.8 Å². The largest absolute Gasteiger partial charge is 0.334 e. The van der Waals surface area contributed by atoms with Crippen molar-refractivity contribution in [3.8, 4) is 0 Å². The molecule has 0 aromatic heterocycles. The number of halogens is 1. The third-order valence-corrected chi connectivity index (χ3v) is 4.81. The van der Waals surface area contributed by atoms with E-state index in [1.807, 2.05) is 35.4 Å². The molecule has 1 saturated heterocycles. The summed E-state index contributed by atoms with van der Waals surface area (Å²) in [4.78, 5) is 15.8. The van der Waals surface area contributed by atoms with Gasteiger partial charge in [0.1, 0.15) is 0 Å². The van der Waals surface area contributed by atoms with Gasteiger partial charge >= 0.3 is 0 Å². The Labute approximate surface area is 124 Å². The molecule has 1 aromatic carbocycles. The molecule has 0 radical (unpaired) electrons. The molecule has 1 aliphatic heterocycles. The van der Waals surface area contributed by atoms with E-state index in [1.54, 1.807) is 11.8 Å². The first-order valence-electron chi connectivity index (χ1n) is 6.78. The van der Waals surface area contributed by atoms with Crippen molar-refractivity contribution < 1.29 is 4.79 Å². The maximum absolute atomic E-state index is 12.8. The second kappa shape index (κ2) is 7.20. The fraction of sp³-hybridized carbons (Fsp3) is 0.533. The minimum absolute atomic E-state index is 0.137. The van der Waals surface area contributed by atoms with Crippen LogP contribution in [-0.2, 0) is 0 Å². The van der Waals surface area contributed by atoms with Gasteiger partial charge in [0, 0.05) is 23.4 Å². The van der Waals surface area contributed by atoms with Gasteiger partial charge in [0.2, 0.25) is 0 Å². The van der Waals surface area contributed by atoms with Gasteiger partial charge in [-0.1, -0.05) is 25.0 Å². The number of thioether (sulfide) groups is 1. The highest BCUT2D eigenvalue weighted by Crippen LogP contribution is 2.25. The molecule has 0 bridgehead atoms. The summed E-state index contributed by atoms with van der Waals surface area (Å²) < 4.78 is 0. The zero-order valence-electron chi connectivity index (χ0n) is 11.3. The van der Waals surface area contributed by atoms with E-state index in [-0.39, 0.29) is 11.9 Å². The SMILES string of the molecule is CSc1ccccc1C(=O)N1CCCCCC1CCl. The van der Waals surface area contributed by atoms with E-state index in [4.69, 9.17) is 11.6 Å². The van der Waals surface area contributed by atoms with Gasteiger partial charge < -0.3 is 4.90 Å². The average Bonchev–Trinajstić information content (AvgIpc) is 2.71. The van der Waals surface area contributed by atoms with Crippen molar-refractivity contribution in [2.45, 2.75) is 36.6 Å². The van der Waals surface area contributed by atoms with Crippen molar-refractivity contribution in [1.29, 1.82) is 0 Å². The molecular weight excluding hydrogens is 278 g/mol. The molecular formula is C15H20ClNOS. The number of benzene rings is 1. The Morgan fingerprint density at radius 2 is 2.16 bits per heavy atom. The van der Waals surface area contributed by atoms with Crippen molar-refractivity contribution in [3.05, 3.63) is 29.8 Å². The molecule has 1 amide bonds. The maximum Gasteiger partial charge on any atom is 0.255 e. The molecule has 1 unspecified atom stereocenters. The molecule has 0 N–H and O–H groups in total. The lowest BCUT2D eigenvalue weighted by Crippen LogP contribution is -2.41. The number of carbonyl (C=O) groups excluding carboxylic acids is 1. The van der Waals surface area contributed by atoms with Gasteiger partial charge in [0.25, 0.3) is 5.91 Å². The smallest absolute Gasteiger partial charge is 0.255 e. The fourth-order valence-electron chi connectivity index (χ4n) is 2.58. The van der Waals surface area contributed by atoms with E-state index >= 15 is 0 Å². The standard InChI is InChI=1S/C15H20ClNOS/c1-19-14-9-5-4-8-13(14)15(18)17-10-6-2-3-7-12(17)11-16/h4-5,8-9,12H,2-3,6-7,10-11H2,1H3. The van der Waals surface area contributed by atoms with Crippen LogP contribution in [-0.4, -0.2) is 35.5 Å². The fourth-order valence-corrected chi connectivity index (χ4v) is 3.49. The maximum atomic E-state index is 12.8. The molecule has 1 aliphatic rings. The van der Waals surface area contributed by atoms with Gasteiger partial charge in [0.15, 0.2) is 0 Å². The lowest BCUT2D eigenvalue weighted by atomic mass is 10.1. The minimum atomic E-state index is 0.137. The minimum Gasteiger partial charge on any atom is -0.334 e. The van der Waals surface area contributed by atoms with E-state index in [1.165, 1.54) is 12.8 Å². The van der Waals surface area contributed by atoms with E-state index in [9.17, 15) is 4.79 Å². The summed E-state index contributed by atoms with van der Waals surface area (Å²) in [5.41, 5.74) is 0.812. The zero-order valence-corrected chi connectivity index (χ0v) is 12.8. The van der Waals surface area contributed by atoms with Crippen LogP contribution in [0.15, 0.2) is 29.2 Å². The monoisotopic (exact) mass is 297 g/mol. The van der Waals surface area contributed by atoms with E-state index < -0.39 is 0 Å². The Hall–Kier alpha value is -0.670. The van der Waals surface area contributed by atoms with Gasteiger partial charge in [0.05, 0.1) is 5.56 Å². The van der Waals surface area contributed by atoms with Crippen LogP contribution in [0.4, 0.5) is 0 Å². The van der Waals surface area contributed by atoms with E-state index in [2.05, 4.69) is 0 Å². The summed E-state index contributed by atoms with van der Waals surface area (Å²) in [6.45, 7) is 0.832. The lowest BCUT2D eigenvalue weighted by Gasteiger charge is -2.29. The lowest BCUT2D eigenvalue weighted by molar-refractivity contribution is 0.0697. The Balaban J connectivity index is 2.25. The Bertz CT molecular complexity index is 438. The second-order valence-electron chi connectivity index (χ2n) is 4.86. The molecule has 1 atom stereocenters. The van der Waals surface area contributed by atoms with Gasteiger partial charge in [-0.2, -0.15) is 0 Å². The number of likely N-dealkylation sites (tertiary alicyclic amines) is 1. The van der Waals surface area contributed by atoms with E-state index in [0.29, 0.717) is 5.88 Å². The van der Waals surface area contributed by atoms with Crippen LogP contribution in [0.3, 0.4) is 0 Å². The quantitative estimate of drug-likeness (QED) is 0.620. The normalized spacial score (nSPS) is 20.1. The zero-order chi connectivity index (χ0) is 13.7. The first-order chi connectivity index (χ1) is 9.27. The molecule has 2 rings (SSSR count). The highest BCUT2D eigenvalue weighted by atomic mass is 35.5. The van der Waals surface area contributed by atoms with Crippen molar-refractivity contribution in [3.63, 3.8) is 0 Å². The first kappa shape index (κ1) is 14.7. The van der Waals surface area contributed by atoms with Crippen molar-refractivity contribution >= 4 is 29.3 Å². The first-order valence-corrected chi connectivity index (χ1v) is 8.53. The topological polar surface area (TPSA) is 20.3 Å². The summed E-state index contributed by atoms with van der Waals surface area (Å²) in [7, 11) is 0. The summed E-state index contributed by atoms with van der Waals surface area (Å²) in [5.74, 6) is 0.671. The number of rotatable bonds is 3. The molecule has 1 fully saturated rings. The number of hydrogen-bond donors (Lipinski definition) is 0. The molecule has 0 saturated carbocycles. The van der Waals surface area contributed by atoms with Crippen LogP contribution in [0.1, 0.15) is 36.0 Å². The Morgan fingerprint density at radius 3 is 2.89 bits per heavy atom. The van der Waals surface area contributed by atoms with Crippen LogP contribution in [0.5, 0.6) is 0 Å².